The van der Waals surface area contributed by atoms with Gasteiger partial charge in [0.2, 0.25) is 5.91 Å². The lowest BCUT2D eigenvalue weighted by Gasteiger charge is -2.13. The number of alkyl halides is 3. The normalized spacial score (nSPS) is 10.9. The topological polar surface area (TPSA) is 76.1 Å². The van der Waals surface area contributed by atoms with Gasteiger partial charge in [-0.05, 0) is 41.5 Å². The number of nitrogens with two attached hydrogens (primary N) is 1. The van der Waals surface area contributed by atoms with Crippen LogP contribution in [0.25, 0.3) is 11.1 Å². The van der Waals surface area contributed by atoms with Gasteiger partial charge in [-0.1, -0.05) is 6.07 Å². The quantitative estimate of drug-likeness (QED) is 0.942. The molecule has 2 aromatic rings. The van der Waals surface area contributed by atoms with Crippen molar-refractivity contribution in [3.8, 4) is 22.9 Å². The standard InChI is InChI=1S/C16H11F3N2O2/c1-23-11-4-5-12(13(7-11)15(21)22)9-2-3-10(8-20)14(6-9)16(17,18)19/h2-7H,1H3,(H2,21,22). The van der Waals surface area contributed by atoms with Gasteiger partial charge in [-0.25, -0.2) is 0 Å². The first-order valence-corrected chi connectivity index (χ1v) is 6.37. The number of primary amides is 1. The van der Waals surface area contributed by atoms with Crippen molar-refractivity contribution in [1.82, 2.24) is 0 Å². The molecule has 0 bridgehead atoms. The van der Waals surface area contributed by atoms with Crippen molar-refractivity contribution in [3.63, 3.8) is 0 Å². The fourth-order valence-corrected chi connectivity index (χ4v) is 2.15. The second kappa shape index (κ2) is 6.01. The van der Waals surface area contributed by atoms with Crippen LogP contribution in [-0.4, -0.2) is 13.0 Å². The second-order valence-electron chi connectivity index (χ2n) is 4.65. The molecule has 0 radical (unpaired) electrons. The molecule has 0 aliphatic rings. The molecule has 2 aromatic carbocycles. The van der Waals surface area contributed by atoms with E-state index in [1.54, 1.807) is 0 Å². The number of nitrogens with zero attached hydrogens (tertiary/aromatic N) is 1. The largest absolute Gasteiger partial charge is 0.497 e. The molecule has 2 N–H and O–H groups in total. The Morgan fingerprint density at radius 1 is 1.22 bits per heavy atom. The molecule has 0 atom stereocenters. The lowest BCUT2D eigenvalue weighted by atomic mass is 9.95. The molecule has 1 amide bonds. The van der Waals surface area contributed by atoms with Crippen LogP contribution in [0.2, 0.25) is 0 Å². The van der Waals surface area contributed by atoms with E-state index in [-0.39, 0.29) is 16.7 Å². The maximum Gasteiger partial charge on any atom is 0.417 e. The molecule has 7 heteroatoms. The minimum atomic E-state index is -4.68. The van der Waals surface area contributed by atoms with E-state index in [1.807, 2.05) is 0 Å². The van der Waals surface area contributed by atoms with E-state index in [0.717, 1.165) is 12.1 Å². The van der Waals surface area contributed by atoms with Crippen LogP contribution >= 0.6 is 0 Å². The summed E-state index contributed by atoms with van der Waals surface area (Å²) in [6.07, 6.45) is -4.68. The van der Waals surface area contributed by atoms with Crippen LogP contribution < -0.4 is 10.5 Å². The van der Waals surface area contributed by atoms with E-state index in [9.17, 15) is 18.0 Å². The molecule has 0 spiro atoms. The number of amides is 1. The van der Waals surface area contributed by atoms with Crippen molar-refractivity contribution < 1.29 is 22.7 Å². The fourth-order valence-electron chi connectivity index (χ4n) is 2.15. The molecular weight excluding hydrogens is 309 g/mol. The Balaban J connectivity index is 2.68. The third kappa shape index (κ3) is 3.26. The summed E-state index contributed by atoms with van der Waals surface area (Å²) in [5.41, 5.74) is 4.12. The molecule has 0 aliphatic heterocycles. The highest BCUT2D eigenvalue weighted by Gasteiger charge is 2.34. The van der Waals surface area contributed by atoms with Gasteiger partial charge in [-0.2, -0.15) is 18.4 Å². The van der Waals surface area contributed by atoms with Gasteiger partial charge in [0.25, 0.3) is 0 Å². The first-order valence-electron chi connectivity index (χ1n) is 6.37. The summed E-state index contributed by atoms with van der Waals surface area (Å²) in [6, 6.07) is 9.03. The highest BCUT2D eigenvalue weighted by Crippen LogP contribution is 2.36. The minimum Gasteiger partial charge on any atom is -0.497 e. The molecule has 0 saturated carbocycles. The Kier molecular flexibility index (Phi) is 4.27. The van der Waals surface area contributed by atoms with Crippen molar-refractivity contribution in [2.24, 2.45) is 5.73 Å². The Morgan fingerprint density at radius 3 is 2.43 bits per heavy atom. The predicted molar refractivity (Wildman–Crippen MR) is 76.7 cm³/mol. The third-order valence-electron chi connectivity index (χ3n) is 3.25. The van der Waals surface area contributed by atoms with Crippen molar-refractivity contribution in [2.75, 3.05) is 7.11 Å². The molecular formula is C16H11F3N2O2. The van der Waals surface area contributed by atoms with Gasteiger partial charge in [-0.15, -0.1) is 0 Å². The molecule has 4 nitrogen and oxygen atoms in total. The first kappa shape index (κ1) is 16.4. The molecule has 0 saturated heterocycles. The minimum absolute atomic E-state index is 0.0298. The molecule has 0 aromatic heterocycles. The SMILES string of the molecule is COc1ccc(-c2ccc(C#N)c(C(F)(F)F)c2)c(C(N)=O)c1. The number of rotatable bonds is 3. The van der Waals surface area contributed by atoms with Crippen molar-refractivity contribution >= 4 is 5.91 Å². The lowest BCUT2D eigenvalue weighted by molar-refractivity contribution is -0.137. The second-order valence-corrected chi connectivity index (χ2v) is 4.65. The number of methoxy groups -OCH3 is 1. The van der Waals surface area contributed by atoms with Gasteiger partial charge < -0.3 is 10.5 Å². The number of nitriles is 1. The molecule has 0 unspecified atom stereocenters. The fraction of sp³-hybridized carbons (Fsp3) is 0.125. The first-order chi connectivity index (χ1) is 10.8. The number of carbonyl (C=O) groups excluding carboxylic acids is 1. The molecule has 23 heavy (non-hydrogen) atoms. The smallest absolute Gasteiger partial charge is 0.417 e. The zero-order valence-electron chi connectivity index (χ0n) is 11.9. The van der Waals surface area contributed by atoms with Crippen LogP contribution in [0.1, 0.15) is 21.5 Å². The van der Waals surface area contributed by atoms with Crippen LogP contribution in [0.5, 0.6) is 5.75 Å². The number of halogens is 3. The number of ether oxygens (including phenoxy) is 1. The Bertz CT molecular complexity index is 808. The van der Waals surface area contributed by atoms with Gasteiger partial charge in [0, 0.05) is 0 Å². The predicted octanol–water partition coefficient (Wildman–Crippen LogP) is 3.35. The molecule has 118 valence electrons. The summed E-state index contributed by atoms with van der Waals surface area (Å²) in [5, 5.41) is 8.81. The molecule has 0 aliphatic carbocycles. The number of hydrogen-bond acceptors (Lipinski definition) is 3. The maximum atomic E-state index is 13.0. The third-order valence-corrected chi connectivity index (χ3v) is 3.25. The van der Waals surface area contributed by atoms with Gasteiger partial charge >= 0.3 is 6.18 Å². The Hall–Kier alpha value is -3.01. The number of benzene rings is 2. The van der Waals surface area contributed by atoms with E-state index in [4.69, 9.17) is 15.7 Å². The number of hydrogen-bond donors (Lipinski definition) is 1. The van der Waals surface area contributed by atoms with E-state index < -0.39 is 23.2 Å². The van der Waals surface area contributed by atoms with E-state index in [0.29, 0.717) is 5.75 Å². The van der Waals surface area contributed by atoms with Gasteiger partial charge in [-0.3, -0.25) is 4.79 Å². The highest BCUT2D eigenvalue weighted by molar-refractivity contribution is 6.00. The zero-order chi connectivity index (χ0) is 17.2. The summed E-state index contributed by atoms with van der Waals surface area (Å²) in [7, 11) is 1.39. The van der Waals surface area contributed by atoms with Crippen molar-refractivity contribution in [2.45, 2.75) is 6.18 Å². The van der Waals surface area contributed by atoms with Gasteiger partial charge in [0.05, 0.1) is 29.9 Å². The Morgan fingerprint density at radius 2 is 1.91 bits per heavy atom. The average molecular weight is 320 g/mol. The van der Waals surface area contributed by atoms with Crippen LogP contribution in [0.3, 0.4) is 0 Å². The Labute approximate surface area is 129 Å². The number of carbonyl (C=O) groups is 1. The maximum absolute atomic E-state index is 13.0. The highest BCUT2D eigenvalue weighted by atomic mass is 19.4. The zero-order valence-corrected chi connectivity index (χ0v) is 11.9. The van der Waals surface area contributed by atoms with Gasteiger partial charge in [0.1, 0.15) is 5.75 Å². The molecule has 0 heterocycles. The summed E-state index contributed by atoms with van der Waals surface area (Å²) in [4.78, 5) is 11.6. The van der Waals surface area contributed by atoms with Crippen LogP contribution in [0.4, 0.5) is 13.2 Å². The van der Waals surface area contributed by atoms with Gasteiger partial charge in [0.15, 0.2) is 0 Å². The van der Waals surface area contributed by atoms with Crippen molar-refractivity contribution in [1.29, 1.82) is 5.26 Å². The summed E-state index contributed by atoms with van der Waals surface area (Å²) in [5.74, 6) is -0.441. The lowest BCUT2D eigenvalue weighted by Crippen LogP contribution is -2.13. The summed E-state index contributed by atoms with van der Waals surface area (Å²) >= 11 is 0. The monoisotopic (exact) mass is 320 g/mol. The average Bonchev–Trinajstić information content (AvgIpc) is 2.52. The summed E-state index contributed by atoms with van der Waals surface area (Å²) < 4.78 is 44.1. The molecule has 2 rings (SSSR count). The van der Waals surface area contributed by atoms with E-state index in [1.165, 1.54) is 37.4 Å². The van der Waals surface area contributed by atoms with E-state index in [2.05, 4.69) is 0 Å². The van der Waals surface area contributed by atoms with Crippen LogP contribution in [0.15, 0.2) is 36.4 Å². The van der Waals surface area contributed by atoms with Crippen LogP contribution in [0, 0.1) is 11.3 Å². The van der Waals surface area contributed by atoms with Crippen molar-refractivity contribution in [3.05, 3.63) is 53.1 Å². The summed E-state index contributed by atoms with van der Waals surface area (Å²) in [6.45, 7) is 0. The molecule has 0 fully saturated rings. The van der Waals surface area contributed by atoms with E-state index >= 15 is 0 Å². The van der Waals surface area contributed by atoms with Crippen LogP contribution in [-0.2, 0) is 6.18 Å².